The molecule has 0 amide bonds. The molecule has 0 aliphatic carbocycles. The fourth-order valence-corrected chi connectivity index (χ4v) is 3.88. The van der Waals surface area contributed by atoms with Crippen LogP contribution in [0.5, 0.6) is 0 Å². The second-order valence-electron chi connectivity index (χ2n) is 3.62. The van der Waals surface area contributed by atoms with Crippen molar-refractivity contribution in [1.29, 1.82) is 0 Å². The third-order valence-corrected chi connectivity index (χ3v) is 5.46. The lowest BCUT2D eigenvalue weighted by molar-refractivity contribution is 0.206. The van der Waals surface area contributed by atoms with Gasteiger partial charge in [0.15, 0.2) is 0 Å². The van der Waals surface area contributed by atoms with Crippen molar-refractivity contribution in [3.8, 4) is 0 Å². The summed E-state index contributed by atoms with van der Waals surface area (Å²) in [6, 6.07) is 8.36. The molecule has 0 aliphatic heterocycles. The number of hydrogen-bond donors (Lipinski definition) is 0. The molecular formula is C12H19BrO2Si. The normalized spacial score (nSPS) is 13.1. The van der Waals surface area contributed by atoms with E-state index in [1.165, 1.54) is 5.56 Å². The Labute approximate surface area is 108 Å². The number of rotatable bonds is 6. The van der Waals surface area contributed by atoms with E-state index >= 15 is 0 Å². The van der Waals surface area contributed by atoms with Crippen LogP contribution < -0.4 is 0 Å². The summed E-state index contributed by atoms with van der Waals surface area (Å²) < 4.78 is 12.6. The SMILES string of the molecule is CCO[SiH](OCC)C(C)c1cccc(Br)c1. The molecule has 0 N–H and O–H groups in total. The van der Waals surface area contributed by atoms with Gasteiger partial charge in [0.05, 0.1) is 0 Å². The van der Waals surface area contributed by atoms with Crippen molar-refractivity contribution in [2.75, 3.05) is 13.2 Å². The van der Waals surface area contributed by atoms with E-state index in [2.05, 4.69) is 41.1 Å². The largest absolute Gasteiger partial charge is 0.396 e. The summed E-state index contributed by atoms with van der Waals surface area (Å²) in [6.45, 7) is 7.69. The van der Waals surface area contributed by atoms with Gasteiger partial charge in [-0.1, -0.05) is 35.0 Å². The molecule has 1 aromatic rings. The second kappa shape index (κ2) is 7.22. The van der Waals surface area contributed by atoms with Crippen molar-refractivity contribution in [2.24, 2.45) is 0 Å². The Morgan fingerprint density at radius 3 is 2.38 bits per heavy atom. The van der Waals surface area contributed by atoms with Gasteiger partial charge in [-0.2, -0.15) is 0 Å². The summed E-state index contributed by atoms with van der Waals surface area (Å²) >= 11 is 3.49. The molecule has 1 atom stereocenters. The van der Waals surface area contributed by atoms with Gasteiger partial charge in [0, 0.05) is 23.2 Å². The topological polar surface area (TPSA) is 18.5 Å². The van der Waals surface area contributed by atoms with Crippen LogP contribution in [0, 0.1) is 0 Å². The molecule has 0 saturated heterocycles. The van der Waals surface area contributed by atoms with Crippen LogP contribution in [0.4, 0.5) is 0 Å². The predicted octanol–water partition coefficient (Wildman–Crippen LogP) is 3.39. The molecule has 0 saturated carbocycles. The maximum absolute atomic E-state index is 5.74. The molecule has 16 heavy (non-hydrogen) atoms. The Hall–Kier alpha value is -0.163. The first-order valence-electron chi connectivity index (χ1n) is 5.67. The van der Waals surface area contributed by atoms with Gasteiger partial charge in [-0.25, -0.2) is 0 Å². The summed E-state index contributed by atoms with van der Waals surface area (Å²) in [5, 5.41) is 0. The van der Waals surface area contributed by atoms with Crippen LogP contribution >= 0.6 is 15.9 Å². The van der Waals surface area contributed by atoms with Gasteiger partial charge in [-0.15, -0.1) is 0 Å². The average molecular weight is 303 g/mol. The molecule has 0 radical (unpaired) electrons. The monoisotopic (exact) mass is 302 g/mol. The fraction of sp³-hybridized carbons (Fsp3) is 0.500. The minimum absolute atomic E-state index is 0.373. The average Bonchev–Trinajstić information content (AvgIpc) is 2.28. The van der Waals surface area contributed by atoms with Crippen molar-refractivity contribution in [3.63, 3.8) is 0 Å². The Bertz CT molecular complexity index is 314. The lowest BCUT2D eigenvalue weighted by Gasteiger charge is -2.21. The van der Waals surface area contributed by atoms with E-state index in [0.717, 1.165) is 17.7 Å². The Kier molecular flexibility index (Phi) is 6.27. The number of hydrogen-bond acceptors (Lipinski definition) is 2. The van der Waals surface area contributed by atoms with Crippen molar-refractivity contribution < 1.29 is 8.85 Å². The summed E-state index contributed by atoms with van der Waals surface area (Å²) in [5.41, 5.74) is 1.66. The summed E-state index contributed by atoms with van der Waals surface area (Å²) in [7, 11) is -1.60. The van der Waals surface area contributed by atoms with E-state index in [1.807, 2.05) is 19.9 Å². The highest BCUT2D eigenvalue weighted by atomic mass is 79.9. The Morgan fingerprint density at radius 1 is 1.25 bits per heavy atom. The van der Waals surface area contributed by atoms with Crippen LogP contribution in [0.15, 0.2) is 28.7 Å². The Balaban J connectivity index is 2.76. The molecule has 0 heterocycles. The third kappa shape index (κ3) is 4.01. The zero-order chi connectivity index (χ0) is 12.0. The lowest BCUT2D eigenvalue weighted by atomic mass is 10.2. The summed E-state index contributed by atoms with van der Waals surface area (Å²) in [4.78, 5) is 0. The van der Waals surface area contributed by atoms with E-state index in [4.69, 9.17) is 8.85 Å². The van der Waals surface area contributed by atoms with Crippen LogP contribution in [0.1, 0.15) is 31.9 Å². The molecule has 2 nitrogen and oxygen atoms in total. The molecule has 1 rings (SSSR count). The Morgan fingerprint density at radius 2 is 1.88 bits per heavy atom. The van der Waals surface area contributed by atoms with Gasteiger partial charge in [0.2, 0.25) is 0 Å². The third-order valence-electron chi connectivity index (χ3n) is 2.44. The number of benzene rings is 1. The van der Waals surface area contributed by atoms with E-state index in [9.17, 15) is 0 Å². The quantitative estimate of drug-likeness (QED) is 0.750. The smallest absolute Gasteiger partial charge is 0.328 e. The van der Waals surface area contributed by atoms with Crippen molar-refractivity contribution in [2.45, 2.75) is 26.3 Å². The highest BCUT2D eigenvalue weighted by molar-refractivity contribution is 9.10. The maximum Gasteiger partial charge on any atom is 0.328 e. The molecule has 0 aliphatic rings. The first-order chi connectivity index (χ1) is 7.69. The van der Waals surface area contributed by atoms with Crippen molar-refractivity contribution >= 4 is 25.2 Å². The molecule has 0 aromatic heterocycles. The molecule has 1 unspecified atom stereocenters. The van der Waals surface area contributed by atoms with Crippen molar-refractivity contribution in [1.82, 2.24) is 0 Å². The minimum Gasteiger partial charge on any atom is -0.396 e. The van der Waals surface area contributed by atoms with Crippen LogP contribution in [0.2, 0.25) is 0 Å². The highest BCUT2D eigenvalue weighted by Crippen LogP contribution is 2.22. The predicted molar refractivity (Wildman–Crippen MR) is 73.0 cm³/mol. The van der Waals surface area contributed by atoms with Gasteiger partial charge in [0.25, 0.3) is 0 Å². The van der Waals surface area contributed by atoms with Crippen LogP contribution in [-0.2, 0) is 8.85 Å². The molecule has 0 fully saturated rings. The molecule has 0 bridgehead atoms. The zero-order valence-electron chi connectivity index (χ0n) is 10.1. The van der Waals surface area contributed by atoms with Gasteiger partial charge < -0.3 is 8.85 Å². The van der Waals surface area contributed by atoms with E-state index in [0.29, 0.717) is 5.54 Å². The molecule has 4 heteroatoms. The van der Waals surface area contributed by atoms with Gasteiger partial charge in [0.1, 0.15) is 0 Å². The van der Waals surface area contributed by atoms with Crippen LogP contribution in [0.3, 0.4) is 0 Å². The number of halogens is 1. The van der Waals surface area contributed by atoms with Crippen molar-refractivity contribution in [3.05, 3.63) is 34.3 Å². The van der Waals surface area contributed by atoms with Gasteiger partial charge >= 0.3 is 9.28 Å². The van der Waals surface area contributed by atoms with Crippen LogP contribution in [-0.4, -0.2) is 22.5 Å². The summed E-state index contributed by atoms with van der Waals surface area (Å²) in [6.07, 6.45) is 0. The lowest BCUT2D eigenvalue weighted by Crippen LogP contribution is -2.30. The minimum atomic E-state index is -1.60. The standard InChI is InChI=1S/C12H19BrO2Si/c1-4-14-16(15-5-2)10(3)11-7-6-8-12(13)9-11/h6-10,16H,4-5H2,1-3H3. The first-order valence-corrected chi connectivity index (χ1v) is 8.08. The first kappa shape index (κ1) is 13.9. The summed E-state index contributed by atoms with van der Waals surface area (Å²) in [5.74, 6) is 0. The fourth-order valence-electron chi connectivity index (χ4n) is 1.61. The molecule has 1 aromatic carbocycles. The second-order valence-corrected chi connectivity index (χ2v) is 6.94. The van der Waals surface area contributed by atoms with E-state index in [-0.39, 0.29) is 0 Å². The van der Waals surface area contributed by atoms with E-state index < -0.39 is 9.28 Å². The zero-order valence-corrected chi connectivity index (χ0v) is 12.8. The van der Waals surface area contributed by atoms with Gasteiger partial charge in [-0.3, -0.25) is 0 Å². The molecule has 90 valence electrons. The van der Waals surface area contributed by atoms with Gasteiger partial charge in [-0.05, 0) is 31.5 Å². The molecule has 0 spiro atoms. The maximum atomic E-state index is 5.74. The van der Waals surface area contributed by atoms with Crippen LogP contribution in [0.25, 0.3) is 0 Å². The van der Waals surface area contributed by atoms with E-state index in [1.54, 1.807) is 0 Å². The molecular weight excluding hydrogens is 284 g/mol. The highest BCUT2D eigenvalue weighted by Gasteiger charge is 2.23.